The molecule has 0 aromatic heterocycles. The summed E-state index contributed by atoms with van der Waals surface area (Å²) in [5, 5.41) is 3.08. The molecular formula is C26H32BrFN2O3. The Bertz CT molecular complexity index is 962. The van der Waals surface area contributed by atoms with Crippen LogP contribution in [-0.2, 0) is 22.6 Å². The molecule has 0 radical (unpaired) electrons. The van der Waals surface area contributed by atoms with Gasteiger partial charge < -0.3 is 15.0 Å². The minimum Gasteiger partial charge on any atom is -0.483 e. The Hall–Kier alpha value is -2.41. The van der Waals surface area contributed by atoms with Gasteiger partial charge in [0.1, 0.15) is 17.6 Å². The molecule has 0 bridgehead atoms. The second-order valence-corrected chi connectivity index (χ2v) is 9.39. The standard InChI is InChI=1S/C26H32BrFN2O3/c1-3-19-13-14-24(22(27)15-19)33-17-25(31)30(16-20-9-7-8-12-23(20)28)18(2)26(32)29-21-10-5-4-6-11-21/h7-9,12-15,18,21H,3-6,10-11,16-17H2,1-2H3,(H,29,32). The van der Waals surface area contributed by atoms with E-state index in [9.17, 15) is 14.0 Å². The molecule has 0 saturated heterocycles. The second kappa shape index (κ2) is 12.2. The molecule has 2 aromatic rings. The van der Waals surface area contributed by atoms with E-state index in [1.54, 1.807) is 25.1 Å². The van der Waals surface area contributed by atoms with Gasteiger partial charge in [0.2, 0.25) is 5.91 Å². The van der Waals surface area contributed by atoms with Gasteiger partial charge in [-0.2, -0.15) is 0 Å². The maximum Gasteiger partial charge on any atom is 0.261 e. The molecule has 33 heavy (non-hydrogen) atoms. The number of hydrogen-bond acceptors (Lipinski definition) is 3. The van der Waals surface area contributed by atoms with Gasteiger partial charge >= 0.3 is 0 Å². The van der Waals surface area contributed by atoms with E-state index in [0.717, 1.165) is 42.1 Å². The monoisotopic (exact) mass is 518 g/mol. The summed E-state index contributed by atoms with van der Waals surface area (Å²) in [6.07, 6.45) is 6.16. The fraction of sp³-hybridized carbons (Fsp3) is 0.462. The summed E-state index contributed by atoms with van der Waals surface area (Å²) >= 11 is 3.48. The van der Waals surface area contributed by atoms with E-state index in [1.165, 1.54) is 17.4 Å². The molecule has 1 aliphatic rings. The number of rotatable bonds is 9. The highest BCUT2D eigenvalue weighted by molar-refractivity contribution is 9.10. The largest absolute Gasteiger partial charge is 0.483 e. The number of benzene rings is 2. The third-order valence-electron chi connectivity index (χ3n) is 6.17. The Kier molecular flexibility index (Phi) is 9.30. The first kappa shape index (κ1) is 25.2. The minimum absolute atomic E-state index is 0.00986. The lowest BCUT2D eigenvalue weighted by Gasteiger charge is -2.31. The Labute approximate surface area is 203 Å². The van der Waals surface area contributed by atoms with Gasteiger partial charge in [-0.05, 0) is 65.9 Å². The van der Waals surface area contributed by atoms with Crippen LogP contribution in [0.25, 0.3) is 0 Å². The average Bonchev–Trinajstić information content (AvgIpc) is 2.82. The van der Waals surface area contributed by atoms with E-state index in [2.05, 4.69) is 28.2 Å². The number of ether oxygens (including phenoxy) is 1. The molecule has 1 fully saturated rings. The van der Waals surface area contributed by atoms with Crippen LogP contribution in [-0.4, -0.2) is 35.4 Å². The summed E-state index contributed by atoms with van der Waals surface area (Å²) in [7, 11) is 0. The molecule has 0 spiro atoms. The maximum absolute atomic E-state index is 14.3. The normalized spacial score (nSPS) is 15.0. The summed E-state index contributed by atoms with van der Waals surface area (Å²) in [4.78, 5) is 27.6. The molecule has 5 nitrogen and oxygen atoms in total. The van der Waals surface area contributed by atoms with Crippen LogP contribution in [0.4, 0.5) is 4.39 Å². The van der Waals surface area contributed by atoms with Gasteiger partial charge in [-0.3, -0.25) is 9.59 Å². The van der Waals surface area contributed by atoms with Crippen LogP contribution in [0, 0.1) is 5.82 Å². The van der Waals surface area contributed by atoms with E-state index < -0.39 is 11.9 Å². The number of nitrogens with one attached hydrogen (secondary N) is 1. The summed E-state index contributed by atoms with van der Waals surface area (Å²) in [6, 6.07) is 11.4. The number of carbonyl (C=O) groups excluding carboxylic acids is 2. The molecule has 0 heterocycles. The number of amides is 2. The number of nitrogens with zero attached hydrogens (tertiary/aromatic N) is 1. The van der Waals surface area contributed by atoms with Crippen molar-refractivity contribution in [3.8, 4) is 5.75 Å². The summed E-state index contributed by atoms with van der Waals surface area (Å²) in [5.74, 6) is -0.462. The molecule has 1 aliphatic carbocycles. The zero-order valence-electron chi connectivity index (χ0n) is 19.3. The first-order chi connectivity index (χ1) is 15.9. The predicted octanol–water partition coefficient (Wildman–Crippen LogP) is 5.40. The van der Waals surface area contributed by atoms with Crippen molar-refractivity contribution < 1.29 is 18.7 Å². The molecule has 1 atom stereocenters. The topological polar surface area (TPSA) is 58.6 Å². The SMILES string of the molecule is CCc1ccc(OCC(=O)N(Cc2ccccc2F)C(C)C(=O)NC2CCCCC2)c(Br)c1. The molecule has 1 saturated carbocycles. The van der Waals surface area contributed by atoms with E-state index in [0.29, 0.717) is 11.3 Å². The van der Waals surface area contributed by atoms with Crippen LogP contribution in [0.5, 0.6) is 5.75 Å². The lowest BCUT2D eigenvalue weighted by Crippen LogP contribution is -2.51. The Balaban J connectivity index is 1.73. The number of carbonyl (C=O) groups is 2. The third-order valence-corrected chi connectivity index (χ3v) is 6.79. The number of hydrogen-bond donors (Lipinski definition) is 1. The van der Waals surface area contributed by atoms with Crippen molar-refractivity contribution in [1.29, 1.82) is 0 Å². The molecular weight excluding hydrogens is 487 g/mol. The lowest BCUT2D eigenvalue weighted by molar-refractivity contribution is -0.142. The van der Waals surface area contributed by atoms with E-state index in [1.807, 2.05) is 18.2 Å². The van der Waals surface area contributed by atoms with Crippen molar-refractivity contribution >= 4 is 27.7 Å². The van der Waals surface area contributed by atoms with Gasteiger partial charge in [-0.15, -0.1) is 0 Å². The fourth-order valence-electron chi connectivity index (χ4n) is 4.07. The molecule has 2 amide bonds. The van der Waals surface area contributed by atoms with Gasteiger partial charge in [0.15, 0.2) is 6.61 Å². The molecule has 178 valence electrons. The van der Waals surface area contributed by atoms with Crippen molar-refractivity contribution in [3.05, 3.63) is 63.9 Å². The van der Waals surface area contributed by atoms with Crippen molar-refractivity contribution in [2.45, 2.75) is 71.0 Å². The number of aryl methyl sites for hydroxylation is 1. The van der Waals surface area contributed by atoms with Crippen molar-refractivity contribution in [3.63, 3.8) is 0 Å². The second-order valence-electron chi connectivity index (χ2n) is 8.54. The lowest BCUT2D eigenvalue weighted by atomic mass is 9.95. The quantitative estimate of drug-likeness (QED) is 0.483. The molecule has 1 N–H and O–H groups in total. The average molecular weight is 519 g/mol. The molecule has 3 rings (SSSR count). The van der Waals surface area contributed by atoms with Gasteiger partial charge in [-0.25, -0.2) is 4.39 Å². The van der Waals surface area contributed by atoms with E-state index >= 15 is 0 Å². The van der Waals surface area contributed by atoms with Gasteiger partial charge in [0.25, 0.3) is 5.91 Å². The van der Waals surface area contributed by atoms with Gasteiger partial charge in [0, 0.05) is 18.2 Å². The Morgan fingerprint density at radius 2 is 1.91 bits per heavy atom. The molecule has 0 aliphatic heterocycles. The number of halogens is 2. The van der Waals surface area contributed by atoms with Crippen molar-refractivity contribution in [1.82, 2.24) is 10.2 Å². The first-order valence-corrected chi connectivity index (χ1v) is 12.4. The zero-order valence-corrected chi connectivity index (χ0v) is 20.9. The summed E-state index contributed by atoms with van der Waals surface area (Å²) in [6.45, 7) is 3.48. The van der Waals surface area contributed by atoms with Crippen molar-refractivity contribution in [2.24, 2.45) is 0 Å². The third kappa shape index (κ3) is 7.03. The Morgan fingerprint density at radius 1 is 1.18 bits per heavy atom. The first-order valence-electron chi connectivity index (χ1n) is 11.6. The fourth-order valence-corrected chi connectivity index (χ4v) is 4.61. The van der Waals surface area contributed by atoms with Crippen LogP contribution in [0.1, 0.15) is 57.1 Å². The van der Waals surface area contributed by atoms with E-state index in [-0.39, 0.29) is 31.0 Å². The highest BCUT2D eigenvalue weighted by Crippen LogP contribution is 2.26. The van der Waals surface area contributed by atoms with Gasteiger partial charge in [-0.1, -0.05) is 50.5 Å². The van der Waals surface area contributed by atoms with Crippen LogP contribution in [0.2, 0.25) is 0 Å². The highest BCUT2D eigenvalue weighted by Gasteiger charge is 2.29. The van der Waals surface area contributed by atoms with Gasteiger partial charge in [0.05, 0.1) is 4.47 Å². The molecule has 1 unspecified atom stereocenters. The predicted molar refractivity (Wildman–Crippen MR) is 130 cm³/mol. The molecule has 7 heteroatoms. The minimum atomic E-state index is -0.756. The van der Waals surface area contributed by atoms with Crippen LogP contribution < -0.4 is 10.1 Å². The van der Waals surface area contributed by atoms with Crippen LogP contribution in [0.3, 0.4) is 0 Å². The van der Waals surface area contributed by atoms with Crippen molar-refractivity contribution in [2.75, 3.05) is 6.61 Å². The molecule has 2 aromatic carbocycles. The Morgan fingerprint density at radius 3 is 2.58 bits per heavy atom. The summed E-state index contributed by atoms with van der Waals surface area (Å²) < 4.78 is 20.9. The summed E-state index contributed by atoms with van der Waals surface area (Å²) in [5.41, 5.74) is 1.51. The van der Waals surface area contributed by atoms with Crippen LogP contribution in [0.15, 0.2) is 46.9 Å². The maximum atomic E-state index is 14.3. The van der Waals surface area contributed by atoms with Crippen LogP contribution >= 0.6 is 15.9 Å². The highest BCUT2D eigenvalue weighted by atomic mass is 79.9. The van der Waals surface area contributed by atoms with E-state index in [4.69, 9.17) is 4.74 Å². The zero-order chi connectivity index (χ0) is 23.8. The smallest absolute Gasteiger partial charge is 0.261 e.